The van der Waals surface area contributed by atoms with Crippen LogP contribution >= 0.6 is 0 Å². The number of carbonyl (C=O) groups excluding carboxylic acids is 1. The molecule has 3 aromatic carbocycles. The van der Waals surface area contributed by atoms with E-state index in [0.717, 1.165) is 0 Å². The standard InChI is InChI=1S/C23H24N4O4S.C2HF3O2/c24-22(25)19-7-4-8-21(15-19)31-14-13-26-23(28)18-9-11-20(12-10-18)27-32(29,30)16-17-5-2-1-3-6-17;3-2(4,5)1(6)7/h1-12,15,27H,13-14,16H2,(H3,24,25)(H,26,28);(H,6,7). The summed E-state index contributed by atoms with van der Waals surface area (Å²) < 4.78 is 64.4. The number of carbonyl (C=O) groups is 2. The van der Waals surface area contributed by atoms with Crippen molar-refractivity contribution in [3.05, 3.63) is 95.6 Å². The van der Waals surface area contributed by atoms with Crippen LogP contribution in [0.1, 0.15) is 21.5 Å². The Kier molecular flexibility index (Phi) is 10.8. The third-order valence-corrected chi connectivity index (χ3v) is 5.92. The summed E-state index contributed by atoms with van der Waals surface area (Å²) in [5, 5.41) is 17.3. The van der Waals surface area contributed by atoms with Gasteiger partial charge >= 0.3 is 12.1 Å². The minimum Gasteiger partial charge on any atom is -0.492 e. The maximum absolute atomic E-state index is 12.3. The SMILES string of the molecule is N=C(N)c1cccc(OCCNC(=O)c2ccc(NS(=O)(=O)Cc3ccccc3)cc2)c1.O=C(O)C(F)(F)F. The monoisotopic (exact) mass is 566 g/mol. The quantitative estimate of drug-likeness (QED) is 0.142. The van der Waals surface area contributed by atoms with Gasteiger partial charge in [-0.2, -0.15) is 13.2 Å². The van der Waals surface area contributed by atoms with E-state index >= 15 is 0 Å². The molecule has 0 radical (unpaired) electrons. The van der Waals surface area contributed by atoms with Gasteiger partial charge in [0.05, 0.1) is 12.3 Å². The van der Waals surface area contributed by atoms with Crippen molar-refractivity contribution in [1.29, 1.82) is 5.41 Å². The van der Waals surface area contributed by atoms with Crippen molar-refractivity contribution in [2.24, 2.45) is 5.73 Å². The number of rotatable bonds is 10. The van der Waals surface area contributed by atoms with Crippen LogP contribution in [0.3, 0.4) is 0 Å². The number of alkyl halides is 3. The third kappa shape index (κ3) is 11.1. The van der Waals surface area contributed by atoms with Gasteiger partial charge in [-0.05, 0) is 42.0 Å². The molecule has 0 aliphatic heterocycles. The number of benzene rings is 3. The van der Waals surface area contributed by atoms with Crippen molar-refractivity contribution in [2.75, 3.05) is 17.9 Å². The number of ether oxygens (including phenoxy) is 1. The molecule has 3 rings (SSSR count). The van der Waals surface area contributed by atoms with E-state index in [9.17, 15) is 26.4 Å². The number of carboxylic acid groups (broad SMARTS) is 1. The summed E-state index contributed by atoms with van der Waals surface area (Å²) in [5.41, 5.74) is 7.48. The number of aliphatic carboxylic acids is 1. The summed E-state index contributed by atoms with van der Waals surface area (Å²) >= 11 is 0. The molecule has 0 unspecified atom stereocenters. The molecule has 3 aromatic rings. The molecule has 208 valence electrons. The van der Waals surface area contributed by atoms with E-state index < -0.39 is 22.2 Å². The van der Waals surface area contributed by atoms with Gasteiger partial charge in [0.2, 0.25) is 10.0 Å². The molecule has 0 fully saturated rings. The van der Waals surface area contributed by atoms with E-state index in [-0.39, 0.29) is 30.6 Å². The number of sulfonamides is 1. The normalized spacial score (nSPS) is 10.9. The van der Waals surface area contributed by atoms with E-state index in [1.54, 1.807) is 72.8 Å². The number of nitrogens with one attached hydrogen (secondary N) is 3. The predicted octanol–water partition coefficient (Wildman–Crippen LogP) is 3.35. The summed E-state index contributed by atoms with van der Waals surface area (Å²) in [5.74, 6) is -2.68. The molecule has 0 heterocycles. The van der Waals surface area contributed by atoms with Crippen molar-refractivity contribution in [3.8, 4) is 5.75 Å². The fourth-order valence-electron chi connectivity index (χ4n) is 2.89. The molecule has 0 atom stereocenters. The number of halogens is 3. The molecule has 0 bridgehead atoms. The van der Waals surface area contributed by atoms with Gasteiger partial charge in [0.25, 0.3) is 5.91 Å². The third-order valence-electron chi connectivity index (χ3n) is 4.66. The molecule has 0 spiro atoms. The summed E-state index contributed by atoms with van der Waals surface area (Å²) in [6, 6.07) is 21.9. The Hall–Kier alpha value is -4.59. The van der Waals surface area contributed by atoms with Gasteiger partial charge in [-0.25, -0.2) is 13.2 Å². The zero-order valence-electron chi connectivity index (χ0n) is 20.2. The highest BCUT2D eigenvalue weighted by Gasteiger charge is 2.38. The fourth-order valence-corrected chi connectivity index (χ4v) is 4.09. The predicted molar refractivity (Wildman–Crippen MR) is 138 cm³/mol. The largest absolute Gasteiger partial charge is 0.492 e. The number of carboxylic acids is 1. The van der Waals surface area contributed by atoms with Crippen molar-refractivity contribution in [2.45, 2.75) is 11.9 Å². The average Bonchev–Trinajstić information content (AvgIpc) is 2.87. The highest BCUT2D eigenvalue weighted by atomic mass is 32.2. The molecule has 0 saturated carbocycles. The number of anilines is 1. The lowest BCUT2D eigenvalue weighted by atomic mass is 10.2. The molecule has 0 aromatic heterocycles. The van der Waals surface area contributed by atoms with Gasteiger partial charge in [0, 0.05) is 16.8 Å². The molecule has 0 saturated heterocycles. The number of amides is 1. The van der Waals surface area contributed by atoms with Crippen LogP contribution in [0, 0.1) is 5.41 Å². The smallest absolute Gasteiger partial charge is 0.490 e. The Bertz CT molecular complexity index is 1380. The molecule has 10 nitrogen and oxygen atoms in total. The Labute approximate surface area is 222 Å². The van der Waals surface area contributed by atoms with E-state index in [1.807, 2.05) is 6.07 Å². The van der Waals surface area contributed by atoms with Crippen LogP contribution in [0.2, 0.25) is 0 Å². The van der Waals surface area contributed by atoms with Gasteiger partial charge in [-0.1, -0.05) is 42.5 Å². The van der Waals surface area contributed by atoms with Gasteiger partial charge < -0.3 is 20.9 Å². The summed E-state index contributed by atoms with van der Waals surface area (Å²) in [6.45, 7) is 0.513. The molecule has 0 aliphatic rings. The second-order valence-corrected chi connectivity index (χ2v) is 9.50. The molecule has 1 amide bonds. The van der Waals surface area contributed by atoms with E-state index in [4.69, 9.17) is 25.8 Å². The van der Waals surface area contributed by atoms with Crippen LogP contribution in [0.4, 0.5) is 18.9 Å². The Balaban J connectivity index is 0.000000673. The minimum absolute atomic E-state index is 0.0467. The molecular formula is C25H25F3N4O6S. The lowest BCUT2D eigenvalue weighted by Gasteiger charge is -2.10. The van der Waals surface area contributed by atoms with Crippen LogP contribution in [0.15, 0.2) is 78.9 Å². The maximum atomic E-state index is 12.3. The fraction of sp³-hybridized carbons (Fsp3) is 0.160. The van der Waals surface area contributed by atoms with Gasteiger partial charge in [-0.15, -0.1) is 0 Å². The molecule has 6 N–H and O–H groups in total. The van der Waals surface area contributed by atoms with E-state index in [2.05, 4.69) is 10.0 Å². The zero-order chi connectivity index (χ0) is 29.1. The first kappa shape index (κ1) is 30.6. The first-order valence-corrected chi connectivity index (χ1v) is 12.7. The Morgan fingerprint density at radius 3 is 2.13 bits per heavy atom. The number of nitrogen functional groups attached to an aromatic ring is 1. The molecular weight excluding hydrogens is 541 g/mol. The van der Waals surface area contributed by atoms with Crippen LogP contribution in [-0.4, -0.2) is 50.6 Å². The Morgan fingerprint density at radius 2 is 1.56 bits per heavy atom. The van der Waals surface area contributed by atoms with Gasteiger partial charge in [0.1, 0.15) is 18.2 Å². The number of hydrogen-bond acceptors (Lipinski definition) is 6. The van der Waals surface area contributed by atoms with Crippen molar-refractivity contribution in [3.63, 3.8) is 0 Å². The van der Waals surface area contributed by atoms with Gasteiger partial charge in [-0.3, -0.25) is 14.9 Å². The first-order valence-electron chi connectivity index (χ1n) is 11.1. The molecule has 14 heteroatoms. The summed E-state index contributed by atoms with van der Waals surface area (Å²) in [4.78, 5) is 21.2. The summed E-state index contributed by atoms with van der Waals surface area (Å²) in [6.07, 6.45) is -5.08. The average molecular weight is 567 g/mol. The second-order valence-electron chi connectivity index (χ2n) is 7.77. The van der Waals surface area contributed by atoms with Gasteiger partial charge in [0.15, 0.2) is 0 Å². The zero-order valence-corrected chi connectivity index (χ0v) is 21.1. The maximum Gasteiger partial charge on any atom is 0.490 e. The first-order chi connectivity index (χ1) is 18.3. The lowest BCUT2D eigenvalue weighted by molar-refractivity contribution is -0.192. The van der Waals surface area contributed by atoms with E-state index in [1.165, 1.54) is 0 Å². The van der Waals surface area contributed by atoms with Crippen molar-refractivity contribution >= 4 is 33.4 Å². The molecule has 39 heavy (non-hydrogen) atoms. The number of amidine groups is 1. The summed E-state index contributed by atoms with van der Waals surface area (Å²) in [7, 11) is -3.56. The highest BCUT2D eigenvalue weighted by molar-refractivity contribution is 7.91. The van der Waals surface area contributed by atoms with Crippen LogP contribution in [0.25, 0.3) is 0 Å². The van der Waals surface area contributed by atoms with E-state index in [0.29, 0.717) is 28.1 Å². The number of nitrogens with two attached hydrogens (primary N) is 1. The number of hydrogen-bond donors (Lipinski definition) is 5. The van der Waals surface area contributed by atoms with Crippen LogP contribution in [0.5, 0.6) is 5.75 Å². The van der Waals surface area contributed by atoms with Crippen molar-refractivity contribution < 1.29 is 41.0 Å². The lowest BCUT2D eigenvalue weighted by Crippen LogP contribution is -2.28. The Morgan fingerprint density at radius 1 is 0.949 bits per heavy atom. The van der Waals surface area contributed by atoms with Crippen LogP contribution < -0.4 is 20.5 Å². The highest BCUT2D eigenvalue weighted by Crippen LogP contribution is 2.15. The molecule has 0 aliphatic carbocycles. The topological polar surface area (TPSA) is 172 Å². The minimum atomic E-state index is -5.08. The van der Waals surface area contributed by atoms with Crippen LogP contribution in [-0.2, 0) is 20.6 Å². The van der Waals surface area contributed by atoms with Crippen molar-refractivity contribution in [1.82, 2.24) is 5.32 Å². The second kappa shape index (κ2) is 13.8.